The predicted octanol–water partition coefficient (Wildman–Crippen LogP) is 3.05. The van der Waals surface area contributed by atoms with Crippen molar-refractivity contribution in [3.63, 3.8) is 0 Å². The summed E-state index contributed by atoms with van der Waals surface area (Å²) in [6, 6.07) is 0.146. The lowest BCUT2D eigenvalue weighted by atomic mass is 10.1. The lowest BCUT2D eigenvalue weighted by Gasteiger charge is -2.24. The Morgan fingerprint density at radius 2 is 2.04 bits per heavy atom. The van der Waals surface area contributed by atoms with Crippen LogP contribution < -0.4 is 5.32 Å². The van der Waals surface area contributed by atoms with E-state index in [2.05, 4.69) is 33.9 Å². The van der Waals surface area contributed by atoms with Crippen molar-refractivity contribution in [3.05, 3.63) is 17.7 Å². The number of rotatable bonds is 4. The van der Waals surface area contributed by atoms with Gasteiger partial charge in [0.25, 0.3) is 0 Å². The molecule has 0 aliphatic carbocycles. The maximum absolute atomic E-state index is 12.1. The van der Waals surface area contributed by atoms with E-state index < -0.39 is 6.09 Å². The van der Waals surface area contributed by atoms with Gasteiger partial charge >= 0.3 is 6.09 Å². The molecule has 144 valence electrons. The molecule has 1 unspecified atom stereocenters. The molecule has 0 bridgehead atoms. The van der Waals surface area contributed by atoms with E-state index in [-0.39, 0.29) is 18.5 Å². The van der Waals surface area contributed by atoms with E-state index in [9.17, 15) is 9.59 Å². The first-order valence-electron chi connectivity index (χ1n) is 9.13. The number of aryl methyl sites for hydroxylation is 1. The third-order valence-electron chi connectivity index (χ3n) is 3.45. The molecule has 0 saturated carbocycles. The fourth-order valence-electron chi connectivity index (χ4n) is 2.49. The van der Waals surface area contributed by atoms with Crippen LogP contribution in [0.1, 0.15) is 58.5 Å². The van der Waals surface area contributed by atoms with Gasteiger partial charge < -0.3 is 19.9 Å². The Hall–Kier alpha value is -2.05. The molecule has 0 aromatic carbocycles. The zero-order chi connectivity index (χ0) is 19.2. The molecule has 2 N–H and O–H groups in total. The molecular formula is C18H34N4O3. The Bertz CT molecular complexity index is 502. The Kier molecular flexibility index (Phi) is 12.2. The number of aromatic nitrogens is 2. The van der Waals surface area contributed by atoms with Crippen molar-refractivity contribution >= 4 is 12.0 Å². The predicted molar refractivity (Wildman–Crippen MR) is 99.5 cm³/mol. The number of H-pyrrole nitrogens is 1. The molecule has 0 radical (unpaired) electrons. The van der Waals surface area contributed by atoms with Gasteiger partial charge in [-0.1, -0.05) is 34.1 Å². The van der Waals surface area contributed by atoms with Gasteiger partial charge in [-0.25, -0.2) is 9.78 Å². The van der Waals surface area contributed by atoms with E-state index in [1.807, 2.05) is 25.7 Å². The zero-order valence-electron chi connectivity index (χ0n) is 16.5. The highest BCUT2D eigenvalue weighted by Crippen LogP contribution is 2.20. The van der Waals surface area contributed by atoms with Crippen molar-refractivity contribution in [2.75, 3.05) is 20.2 Å². The van der Waals surface area contributed by atoms with Crippen LogP contribution in [0.5, 0.6) is 0 Å². The molecule has 2 amide bonds. The van der Waals surface area contributed by atoms with Crippen LogP contribution in [-0.2, 0) is 16.0 Å². The normalized spacial score (nSPS) is 15.4. The first-order chi connectivity index (χ1) is 12.0. The number of methoxy groups -OCH3 is 1. The molecule has 1 aliphatic heterocycles. The van der Waals surface area contributed by atoms with Crippen LogP contribution in [0.2, 0.25) is 0 Å². The fraction of sp³-hybridized carbons (Fsp3) is 0.722. The summed E-state index contributed by atoms with van der Waals surface area (Å²) in [5.74, 6) is 0.814. The summed E-state index contributed by atoms with van der Waals surface area (Å²) in [5.41, 5.74) is 1.02. The second kappa shape index (κ2) is 13.3. The monoisotopic (exact) mass is 354 g/mol. The second-order valence-electron chi connectivity index (χ2n) is 5.65. The number of nitrogens with one attached hydrogen (secondary N) is 2. The average Bonchev–Trinajstić information content (AvgIpc) is 3.24. The molecule has 0 spiro atoms. The molecular weight excluding hydrogens is 320 g/mol. The van der Waals surface area contributed by atoms with Crippen LogP contribution in [0.3, 0.4) is 0 Å². The molecule has 7 nitrogen and oxygen atoms in total. The first-order valence-corrected chi connectivity index (χ1v) is 9.13. The number of aromatic amines is 1. The lowest BCUT2D eigenvalue weighted by molar-refractivity contribution is -0.130. The summed E-state index contributed by atoms with van der Waals surface area (Å²) in [7, 11) is 1.28. The van der Waals surface area contributed by atoms with E-state index in [0.717, 1.165) is 37.3 Å². The van der Waals surface area contributed by atoms with Gasteiger partial charge in [0.05, 0.1) is 7.11 Å². The average molecular weight is 354 g/mol. The van der Waals surface area contributed by atoms with Gasteiger partial charge in [0, 0.05) is 30.9 Å². The molecule has 1 atom stereocenters. The molecule has 2 heterocycles. The number of carbonyl (C=O) groups excluding carboxylic acids is 2. The molecule has 7 heteroatoms. The van der Waals surface area contributed by atoms with Gasteiger partial charge in [-0.3, -0.25) is 4.79 Å². The molecule has 1 aliphatic rings. The van der Waals surface area contributed by atoms with Crippen LogP contribution in [0.25, 0.3) is 0 Å². The van der Waals surface area contributed by atoms with Gasteiger partial charge in [-0.2, -0.15) is 0 Å². The topological polar surface area (TPSA) is 87.3 Å². The first kappa shape index (κ1) is 22.9. The number of imidazole rings is 1. The van der Waals surface area contributed by atoms with Crippen molar-refractivity contribution in [2.45, 2.75) is 66.3 Å². The Labute approximate surface area is 151 Å². The highest BCUT2D eigenvalue weighted by atomic mass is 16.5. The highest BCUT2D eigenvalue weighted by molar-refractivity contribution is 5.82. The largest absolute Gasteiger partial charge is 0.453 e. The number of nitrogens with zero attached hydrogens (tertiary/aromatic N) is 2. The van der Waals surface area contributed by atoms with E-state index in [1.54, 1.807) is 6.20 Å². The van der Waals surface area contributed by atoms with Crippen LogP contribution in [0, 0.1) is 6.92 Å². The Morgan fingerprint density at radius 3 is 2.56 bits per heavy atom. The van der Waals surface area contributed by atoms with Crippen LogP contribution >= 0.6 is 0 Å². The van der Waals surface area contributed by atoms with E-state index >= 15 is 0 Å². The highest BCUT2D eigenvalue weighted by Gasteiger charge is 2.29. The quantitative estimate of drug-likeness (QED) is 0.870. The minimum absolute atomic E-state index is 0.0274. The van der Waals surface area contributed by atoms with Gasteiger partial charge in [-0.15, -0.1) is 0 Å². The number of hydrogen-bond donors (Lipinski definition) is 2. The summed E-state index contributed by atoms with van der Waals surface area (Å²) >= 11 is 0. The fourth-order valence-corrected chi connectivity index (χ4v) is 2.49. The number of hydrogen-bond acceptors (Lipinski definition) is 4. The number of amides is 2. The SMILES string of the molecule is CC.CCC.COC(=O)NCC(=O)N1CCCC1Cc1ncc(C)[nH]1. The van der Waals surface area contributed by atoms with Gasteiger partial charge in [0.2, 0.25) is 5.91 Å². The Balaban J connectivity index is 0.00000104. The van der Waals surface area contributed by atoms with E-state index in [1.165, 1.54) is 13.5 Å². The molecule has 25 heavy (non-hydrogen) atoms. The standard InChI is InChI=1S/C13H20N4O3.C3H8.C2H6/c1-9-7-14-11(16-9)6-10-4-3-5-17(10)12(18)8-15-13(19)20-2;1-3-2;1-2/h7,10H,3-6,8H2,1-2H3,(H,14,16)(H,15,19);3H2,1-2H3;1-2H3. The van der Waals surface area contributed by atoms with Gasteiger partial charge in [0.15, 0.2) is 0 Å². The van der Waals surface area contributed by atoms with Crippen molar-refractivity contribution in [1.82, 2.24) is 20.2 Å². The van der Waals surface area contributed by atoms with Crippen molar-refractivity contribution < 1.29 is 14.3 Å². The maximum atomic E-state index is 12.1. The van der Waals surface area contributed by atoms with E-state index in [4.69, 9.17) is 0 Å². The summed E-state index contributed by atoms with van der Waals surface area (Å²) in [6.45, 7) is 10.9. The minimum Gasteiger partial charge on any atom is -0.453 e. The summed E-state index contributed by atoms with van der Waals surface area (Å²) in [6.07, 6.45) is 5.11. The summed E-state index contributed by atoms with van der Waals surface area (Å²) in [4.78, 5) is 32.4. The summed E-state index contributed by atoms with van der Waals surface area (Å²) < 4.78 is 4.45. The number of alkyl carbamates (subject to hydrolysis) is 1. The number of carbonyl (C=O) groups is 2. The lowest BCUT2D eigenvalue weighted by Crippen LogP contribution is -2.43. The van der Waals surface area contributed by atoms with Crippen LogP contribution in [0.15, 0.2) is 6.20 Å². The third kappa shape index (κ3) is 8.56. The van der Waals surface area contributed by atoms with Gasteiger partial charge in [-0.05, 0) is 19.8 Å². The van der Waals surface area contributed by atoms with Crippen molar-refractivity contribution in [1.29, 1.82) is 0 Å². The maximum Gasteiger partial charge on any atom is 0.407 e. The molecule has 1 aromatic rings. The number of likely N-dealkylation sites (tertiary alicyclic amines) is 1. The van der Waals surface area contributed by atoms with Crippen molar-refractivity contribution in [2.24, 2.45) is 0 Å². The molecule has 1 saturated heterocycles. The summed E-state index contributed by atoms with van der Waals surface area (Å²) in [5, 5.41) is 2.42. The molecule has 2 rings (SSSR count). The molecule has 1 aromatic heterocycles. The Morgan fingerprint density at radius 1 is 1.40 bits per heavy atom. The second-order valence-corrected chi connectivity index (χ2v) is 5.65. The van der Waals surface area contributed by atoms with Crippen molar-refractivity contribution in [3.8, 4) is 0 Å². The third-order valence-corrected chi connectivity index (χ3v) is 3.45. The zero-order valence-corrected chi connectivity index (χ0v) is 16.5. The van der Waals surface area contributed by atoms with Gasteiger partial charge in [0.1, 0.15) is 12.4 Å². The van der Waals surface area contributed by atoms with Crippen LogP contribution in [0.4, 0.5) is 4.79 Å². The number of ether oxygens (including phenoxy) is 1. The van der Waals surface area contributed by atoms with Crippen LogP contribution in [-0.4, -0.2) is 53.1 Å². The minimum atomic E-state index is -0.587. The molecule has 1 fully saturated rings. The van der Waals surface area contributed by atoms with E-state index in [0.29, 0.717) is 0 Å². The smallest absolute Gasteiger partial charge is 0.407 e.